The Labute approximate surface area is 76.9 Å². The van der Waals surface area contributed by atoms with Gasteiger partial charge in [-0.15, -0.1) is 6.58 Å². The van der Waals surface area contributed by atoms with E-state index in [4.69, 9.17) is 4.43 Å². The second-order valence-corrected chi connectivity index (χ2v) is 7.50. The molecule has 0 N–H and O–H groups in total. The topological polar surface area (TPSA) is 9.23 Å². The molecule has 0 aliphatic carbocycles. The summed E-state index contributed by atoms with van der Waals surface area (Å²) in [6, 6.07) is 2.61. The molecule has 1 unspecified atom stereocenters. The van der Waals surface area contributed by atoms with E-state index in [1.54, 1.807) is 0 Å². The van der Waals surface area contributed by atoms with Gasteiger partial charge in [0.25, 0.3) is 0 Å². The van der Waals surface area contributed by atoms with Crippen LogP contribution in [0.4, 0.5) is 0 Å². The van der Waals surface area contributed by atoms with Gasteiger partial charge in [-0.1, -0.05) is 31.9 Å². The second kappa shape index (κ2) is 4.82. The van der Waals surface area contributed by atoms with Crippen LogP contribution in [0.1, 0.15) is 32.6 Å². The van der Waals surface area contributed by atoms with Crippen molar-refractivity contribution in [1.82, 2.24) is 0 Å². The lowest BCUT2D eigenvalue weighted by atomic mass is 10.4. The fourth-order valence-electron chi connectivity index (χ4n) is 1.81. The molecule has 0 aromatic carbocycles. The Morgan fingerprint density at radius 1 is 1.50 bits per heavy atom. The van der Waals surface area contributed by atoms with Gasteiger partial charge in [0.2, 0.25) is 8.32 Å². The Balaban J connectivity index is 2.42. The summed E-state index contributed by atoms with van der Waals surface area (Å²) >= 11 is 0. The summed E-state index contributed by atoms with van der Waals surface area (Å²) in [6.07, 6.45) is 5.22. The summed E-state index contributed by atoms with van der Waals surface area (Å²) in [7, 11) is -1.41. The van der Waals surface area contributed by atoms with E-state index in [-0.39, 0.29) is 0 Å². The van der Waals surface area contributed by atoms with Crippen LogP contribution in [0.15, 0.2) is 12.3 Å². The van der Waals surface area contributed by atoms with Gasteiger partial charge in [-0.25, -0.2) is 0 Å². The summed E-state index contributed by atoms with van der Waals surface area (Å²) in [5.41, 5.74) is 2.15. The standard InChI is InChI=1S/C10H20OSi/c1-3-5-9-12(4-2)10-7-6-8-11-12/h4H,2-3,5-10H2,1H3. The minimum absolute atomic E-state index is 0.988. The van der Waals surface area contributed by atoms with Crippen LogP contribution in [0.2, 0.25) is 12.1 Å². The van der Waals surface area contributed by atoms with Crippen molar-refractivity contribution in [2.45, 2.75) is 44.7 Å². The predicted molar refractivity (Wildman–Crippen MR) is 55.7 cm³/mol. The zero-order chi connectivity index (χ0) is 8.86. The molecule has 0 aromatic rings. The van der Waals surface area contributed by atoms with Gasteiger partial charge in [-0.3, -0.25) is 0 Å². The maximum absolute atomic E-state index is 5.94. The zero-order valence-electron chi connectivity index (χ0n) is 8.14. The van der Waals surface area contributed by atoms with Crippen LogP contribution in [0.25, 0.3) is 0 Å². The number of hydrogen-bond acceptors (Lipinski definition) is 1. The Kier molecular flexibility index (Phi) is 4.02. The molecule has 1 saturated heterocycles. The number of hydrogen-bond donors (Lipinski definition) is 0. The zero-order valence-corrected chi connectivity index (χ0v) is 9.14. The highest BCUT2D eigenvalue weighted by molar-refractivity contribution is 6.78. The fourth-order valence-corrected chi connectivity index (χ4v) is 5.23. The SMILES string of the molecule is C=C[Si]1(CCCC)CCCCO1. The van der Waals surface area contributed by atoms with E-state index in [1.807, 2.05) is 0 Å². The second-order valence-electron chi connectivity index (χ2n) is 3.68. The first-order valence-corrected chi connectivity index (χ1v) is 7.50. The summed E-state index contributed by atoms with van der Waals surface area (Å²) in [4.78, 5) is 0. The Bertz CT molecular complexity index is 139. The number of unbranched alkanes of at least 4 members (excludes halogenated alkanes) is 1. The molecule has 0 bridgehead atoms. The molecule has 0 saturated carbocycles. The summed E-state index contributed by atoms with van der Waals surface area (Å²) in [5.74, 6) is 0. The molecule has 0 amide bonds. The van der Waals surface area contributed by atoms with Crippen molar-refractivity contribution in [3.63, 3.8) is 0 Å². The van der Waals surface area contributed by atoms with E-state index in [2.05, 4.69) is 19.2 Å². The van der Waals surface area contributed by atoms with Crippen LogP contribution >= 0.6 is 0 Å². The highest BCUT2D eigenvalue weighted by atomic mass is 28.4. The van der Waals surface area contributed by atoms with Crippen molar-refractivity contribution in [3.05, 3.63) is 12.3 Å². The van der Waals surface area contributed by atoms with Crippen molar-refractivity contribution in [2.75, 3.05) is 6.61 Å². The third-order valence-corrected chi connectivity index (χ3v) is 6.63. The molecular weight excluding hydrogens is 164 g/mol. The first-order chi connectivity index (χ1) is 5.83. The van der Waals surface area contributed by atoms with Gasteiger partial charge in [-0.05, 0) is 18.5 Å². The minimum Gasteiger partial charge on any atom is -0.413 e. The molecule has 0 radical (unpaired) electrons. The molecule has 70 valence electrons. The van der Waals surface area contributed by atoms with Crippen molar-refractivity contribution in [2.24, 2.45) is 0 Å². The van der Waals surface area contributed by atoms with E-state index in [0.717, 1.165) is 6.61 Å². The third kappa shape index (κ3) is 2.46. The van der Waals surface area contributed by atoms with Crippen molar-refractivity contribution in [1.29, 1.82) is 0 Å². The van der Waals surface area contributed by atoms with E-state index < -0.39 is 8.32 Å². The van der Waals surface area contributed by atoms with Gasteiger partial charge in [0, 0.05) is 6.61 Å². The van der Waals surface area contributed by atoms with Gasteiger partial charge in [0.05, 0.1) is 0 Å². The largest absolute Gasteiger partial charge is 0.413 e. The Morgan fingerprint density at radius 2 is 2.33 bits per heavy atom. The molecule has 2 heteroatoms. The lowest BCUT2D eigenvalue weighted by Gasteiger charge is -2.32. The molecule has 12 heavy (non-hydrogen) atoms. The van der Waals surface area contributed by atoms with Crippen LogP contribution in [0, 0.1) is 0 Å². The normalized spacial score (nSPS) is 30.1. The molecular formula is C10H20OSi. The molecule has 1 aliphatic heterocycles. The van der Waals surface area contributed by atoms with Crippen LogP contribution < -0.4 is 0 Å². The molecule has 0 spiro atoms. The van der Waals surface area contributed by atoms with E-state index in [0.29, 0.717) is 0 Å². The van der Waals surface area contributed by atoms with Crippen molar-refractivity contribution < 1.29 is 4.43 Å². The van der Waals surface area contributed by atoms with E-state index >= 15 is 0 Å². The predicted octanol–water partition coefficient (Wildman–Crippen LogP) is 3.27. The first-order valence-electron chi connectivity index (χ1n) is 5.10. The molecule has 1 heterocycles. The fraction of sp³-hybridized carbons (Fsp3) is 0.800. The van der Waals surface area contributed by atoms with Gasteiger partial charge in [0.1, 0.15) is 0 Å². The van der Waals surface area contributed by atoms with Crippen molar-refractivity contribution >= 4 is 8.32 Å². The van der Waals surface area contributed by atoms with Crippen molar-refractivity contribution in [3.8, 4) is 0 Å². The van der Waals surface area contributed by atoms with Crippen LogP contribution in [0.3, 0.4) is 0 Å². The summed E-state index contributed by atoms with van der Waals surface area (Å²) in [5, 5.41) is 0. The smallest absolute Gasteiger partial charge is 0.216 e. The lowest BCUT2D eigenvalue weighted by molar-refractivity contribution is 0.273. The molecule has 1 fully saturated rings. The van der Waals surface area contributed by atoms with Crippen LogP contribution in [-0.4, -0.2) is 14.9 Å². The quantitative estimate of drug-likeness (QED) is 0.609. The molecule has 1 atom stereocenters. The molecule has 1 rings (SSSR count). The van der Waals surface area contributed by atoms with Gasteiger partial charge in [-0.2, -0.15) is 0 Å². The Morgan fingerprint density at radius 3 is 2.83 bits per heavy atom. The lowest BCUT2D eigenvalue weighted by Crippen LogP contribution is -2.39. The Hall–Kier alpha value is -0.0831. The number of rotatable bonds is 4. The van der Waals surface area contributed by atoms with Gasteiger partial charge < -0.3 is 4.43 Å². The minimum atomic E-state index is -1.41. The summed E-state index contributed by atoms with van der Waals surface area (Å²) in [6.45, 7) is 7.18. The maximum atomic E-state index is 5.94. The third-order valence-electron chi connectivity index (χ3n) is 2.71. The monoisotopic (exact) mass is 184 g/mol. The molecule has 0 aromatic heterocycles. The van der Waals surface area contributed by atoms with Crippen LogP contribution in [-0.2, 0) is 4.43 Å². The van der Waals surface area contributed by atoms with Gasteiger partial charge in [0.15, 0.2) is 0 Å². The highest BCUT2D eigenvalue weighted by Crippen LogP contribution is 2.28. The summed E-state index contributed by atoms with van der Waals surface area (Å²) < 4.78 is 5.94. The average Bonchev–Trinajstić information content (AvgIpc) is 2.16. The van der Waals surface area contributed by atoms with E-state index in [1.165, 1.54) is 37.8 Å². The van der Waals surface area contributed by atoms with Crippen LogP contribution in [0.5, 0.6) is 0 Å². The van der Waals surface area contributed by atoms with E-state index in [9.17, 15) is 0 Å². The molecule has 1 aliphatic rings. The molecule has 1 nitrogen and oxygen atoms in total. The van der Waals surface area contributed by atoms with Gasteiger partial charge >= 0.3 is 0 Å². The maximum Gasteiger partial charge on any atom is 0.216 e. The first kappa shape index (κ1) is 10.0. The highest BCUT2D eigenvalue weighted by Gasteiger charge is 2.32. The average molecular weight is 184 g/mol.